The fourth-order valence-electron chi connectivity index (χ4n) is 2.52. The van der Waals surface area contributed by atoms with Crippen molar-refractivity contribution in [1.29, 1.82) is 0 Å². The third-order valence-electron chi connectivity index (χ3n) is 3.60. The molecule has 0 fully saturated rings. The van der Waals surface area contributed by atoms with Crippen LogP contribution in [0, 0.1) is 0 Å². The van der Waals surface area contributed by atoms with Gasteiger partial charge in [0.05, 0.1) is 11.7 Å². The molecule has 1 heterocycles. The number of carbonyl (C=O) groups is 1. The third-order valence-corrected chi connectivity index (χ3v) is 5.21. The van der Waals surface area contributed by atoms with Gasteiger partial charge in [0.25, 0.3) is 0 Å². The second-order valence-corrected chi connectivity index (χ2v) is 8.35. The highest BCUT2D eigenvalue weighted by Crippen LogP contribution is 2.37. The summed E-state index contributed by atoms with van der Waals surface area (Å²) in [7, 11) is 0. The van der Waals surface area contributed by atoms with Gasteiger partial charge >= 0.3 is 6.09 Å². The van der Waals surface area contributed by atoms with Crippen LogP contribution in [0.5, 0.6) is 0 Å². The molecule has 0 radical (unpaired) electrons. The van der Waals surface area contributed by atoms with Gasteiger partial charge in [0.15, 0.2) is 0 Å². The minimum atomic E-state index is -1.19. The molecule has 6 heteroatoms. The van der Waals surface area contributed by atoms with Crippen LogP contribution in [0.15, 0.2) is 24.3 Å². The minimum Gasteiger partial charge on any atom is -0.598 e. The molecule has 21 heavy (non-hydrogen) atoms. The molecule has 2 N–H and O–H groups in total. The number of amides is 1. The van der Waals surface area contributed by atoms with Gasteiger partial charge < -0.3 is 9.66 Å². The van der Waals surface area contributed by atoms with Crippen molar-refractivity contribution in [2.75, 3.05) is 4.90 Å². The molecule has 0 aromatic heterocycles. The first-order valence-electron chi connectivity index (χ1n) is 7.01. The maximum Gasteiger partial charge on any atom is 0.412 e. The van der Waals surface area contributed by atoms with Crippen molar-refractivity contribution in [3.05, 3.63) is 29.8 Å². The SMILES string of the molecule is CC1C[C@H](N[S+]([O-])C(C)(C)C)c2ccccc2N1C(=O)O. The van der Waals surface area contributed by atoms with E-state index in [2.05, 4.69) is 4.72 Å². The molecule has 0 saturated carbocycles. The topological polar surface area (TPSA) is 75.6 Å². The van der Waals surface area contributed by atoms with Crippen LogP contribution in [0.1, 0.15) is 45.7 Å². The van der Waals surface area contributed by atoms with E-state index >= 15 is 0 Å². The first-order chi connectivity index (χ1) is 9.71. The molecule has 3 atom stereocenters. The average Bonchev–Trinajstić information content (AvgIpc) is 2.37. The summed E-state index contributed by atoms with van der Waals surface area (Å²) in [4.78, 5) is 12.8. The Morgan fingerprint density at radius 1 is 1.43 bits per heavy atom. The van der Waals surface area contributed by atoms with Crippen LogP contribution in [-0.4, -0.2) is 26.5 Å². The van der Waals surface area contributed by atoms with E-state index in [0.717, 1.165) is 5.56 Å². The zero-order chi connectivity index (χ0) is 15.8. The van der Waals surface area contributed by atoms with Crippen molar-refractivity contribution in [2.45, 2.75) is 50.9 Å². The van der Waals surface area contributed by atoms with Crippen LogP contribution < -0.4 is 9.62 Å². The van der Waals surface area contributed by atoms with Crippen molar-refractivity contribution in [2.24, 2.45) is 0 Å². The van der Waals surface area contributed by atoms with Gasteiger partial charge in [-0.25, -0.2) is 4.79 Å². The molecule has 0 aliphatic carbocycles. The van der Waals surface area contributed by atoms with Crippen LogP contribution in [0.2, 0.25) is 0 Å². The number of carboxylic acid groups (broad SMARTS) is 1. The summed E-state index contributed by atoms with van der Waals surface area (Å²) in [5.74, 6) is 0. The number of nitrogens with one attached hydrogen (secondary N) is 1. The highest BCUT2D eigenvalue weighted by atomic mass is 32.2. The Balaban J connectivity index is 2.33. The Morgan fingerprint density at radius 2 is 2.05 bits per heavy atom. The number of nitrogens with zero attached hydrogens (tertiary/aromatic N) is 1. The highest BCUT2D eigenvalue weighted by molar-refractivity contribution is 7.90. The van der Waals surface area contributed by atoms with Crippen LogP contribution in [-0.2, 0) is 11.4 Å². The van der Waals surface area contributed by atoms with Crippen molar-refractivity contribution in [3.8, 4) is 0 Å². The van der Waals surface area contributed by atoms with Gasteiger partial charge in [-0.15, -0.1) is 4.72 Å². The lowest BCUT2D eigenvalue weighted by atomic mass is 9.93. The van der Waals surface area contributed by atoms with E-state index in [1.54, 1.807) is 6.07 Å². The Morgan fingerprint density at radius 3 is 2.62 bits per heavy atom. The normalized spacial score (nSPS) is 23.6. The lowest BCUT2D eigenvalue weighted by Gasteiger charge is -2.38. The number of para-hydroxylation sites is 1. The number of rotatable bonds is 2. The van der Waals surface area contributed by atoms with Gasteiger partial charge in [-0.1, -0.05) is 18.2 Å². The van der Waals surface area contributed by atoms with Crippen LogP contribution in [0.3, 0.4) is 0 Å². The number of benzene rings is 1. The summed E-state index contributed by atoms with van der Waals surface area (Å²) in [6, 6.07) is 7.13. The molecule has 1 aliphatic heterocycles. The average molecular weight is 310 g/mol. The lowest BCUT2D eigenvalue weighted by Crippen LogP contribution is -2.48. The van der Waals surface area contributed by atoms with Gasteiger partial charge in [0, 0.05) is 17.4 Å². The molecule has 5 nitrogen and oxygen atoms in total. The zero-order valence-electron chi connectivity index (χ0n) is 12.8. The molecular formula is C15H22N2O3S. The van der Waals surface area contributed by atoms with Crippen molar-refractivity contribution in [3.63, 3.8) is 0 Å². The Kier molecular flexibility index (Phi) is 4.51. The van der Waals surface area contributed by atoms with Crippen molar-refractivity contribution in [1.82, 2.24) is 4.72 Å². The molecule has 1 aromatic carbocycles. The van der Waals surface area contributed by atoms with Crippen molar-refractivity contribution < 1.29 is 14.5 Å². The van der Waals surface area contributed by atoms with E-state index in [-0.39, 0.29) is 16.8 Å². The molecule has 1 aromatic rings. The van der Waals surface area contributed by atoms with E-state index in [9.17, 15) is 14.5 Å². The summed E-state index contributed by atoms with van der Waals surface area (Å²) in [6.45, 7) is 7.62. The Bertz CT molecular complexity index is 530. The Hall–Kier alpha value is -1.24. The summed E-state index contributed by atoms with van der Waals surface area (Å²) >= 11 is -1.19. The number of anilines is 1. The largest absolute Gasteiger partial charge is 0.598 e. The first kappa shape index (κ1) is 16.1. The molecule has 1 amide bonds. The van der Waals surface area contributed by atoms with E-state index in [1.165, 1.54) is 4.90 Å². The zero-order valence-corrected chi connectivity index (χ0v) is 13.6. The molecule has 2 unspecified atom stereocenters. The van der Waals surface area contributed by atoms with Gasteiger partial charge in [0.2, 0.25) is 0 Å². The molecule has 0 bridgehead atoms. The molecule has 0 spiro atoms. The summed E-state index contributed by atoms with van der Waals surface area (Å²) < 4.78 is 15.1. The van der Waals surface area contributed by atoms with Crippen LogP contribution in [0.4, 0.5) is 10.5 Å². The molecule has 1 aliphatic rings. The van der Waals surface area contributed by atoms with E-state index in [4.69, 9.17) is 0 Å². The van der Waals surface area contributed by atoms with Gasteiger partial charge in [-0.2, -0.15) is 0 Å². The summed E-state index contributed by atoms with van der Waals surface area (Å²) in [5, 5.41) is 9.40. The fraction of sp³-hybridized carbons (Fsp3) is 0.533. The van der Waals surface area contributed by atoms with E-state index in [0.29, 0.717) is 12.1 Å². The minimum absolute atomic E-state index is 0.105. The molecular weight excluding hydrogens is 288 g/mol. The van der Waals surface area contributed by atoms with Crippen LogP contribution >= 0.6 is 0 Å². The maximum absolute atomic E-state index is 12.3. The third kappa shape index (κ3) is 3.33. The molecule has 0 saturated heterocycles. The van der Waals surface area contributed by atoms with Gasteiger partial charge in [0.1, 0.15) is 4.75 Å². The maximum atomic E-state index is 12.3. The van der Waals surface area contributed by atoms with Crippen LogP contribution in [0.25, 0.3) is 0 Å². The second kappa shape index (κ2) is 5.87. The monoisotopic (exact) mass is 310 g/mol. The smallest absolute Gasteiger partial charge is 0.412 e. The fourth-order valence-corrected chi connectivity index (χ4v) is 3.36. The number of fused-ring (bicyclic) bond motifs is 1. The first-order valence-corrected chi connectivity index (χ1v) is 8.16. The predicted molar refractivity (Wildman–Crippen MR) is 84.8 cm³/mol. The molecule has 116 valence electrons. The quantitative estimate of drug-likeness (QED) is 0.823. The highest BCUT2D eigenvalue weighted by Gasteiger charge is 2.37. The standard InChI is InChI=1S/C15H22N2O3S/c1-10-9-12(16-21(20)15(2,3)4)11-7-5-6-8-13(11)17(10)14(18)19/h5-8,10,12,16H,9H2,1-4H3,(H,18,19)/t10?,12-,21?/m0/s1. The summed E-state index contributed by atoms with van der Waals surface area (Å²) in [6.07, 6.45) is -0.351. The lowest BCUT2D eigenvalue weighted by molar-refractivity contribution is 0.197. The Labute approximate surface area is 128 Å². The van der Waals surface area contributed by atoms with Gasteiger partial charge in [-0.05, 0) is 45.7 Å². The van der Waals surface area contributed by atoms with E-state index < -0.39 is 17.5 Å². The van der Waals surface area contributed by atoms with E-state index in [1.807, 2.05) is 45.9 Å². The predicted octanol–water partition coefficient (Wildman–Crippen LogP) is 3.06. The van der Waals surface area contributed by atoms with Crippen molar-refractivity contribution >= 4 is 23.1 Å². The second-order valence-electron chi connectivity index (χ2n) is 6.35. The number of hydrogen-bond donors (Lipinski definition) is 2. The summed E-state index contributed by atoms with van der Waals surface area (Å²) in [5.41, 5.74) is 1.56. The van der Waals surface area contributed by atoms with Gasteiger partial charge in [-0.3, -0.25) is 4.90 Å². The number of hydrogen-bond acceptors (Lipinski definition) is 3. The molecule has 2 rings (SSSR count).